The first kappa shape index (κ1) is 32.5. The highest BCUT2D eigenvalue weighted by Gasteiger charge is 2.55. The summed E-state index contributed by atoms with van der Waals surface area (Å²) in [5, 5.41) is -2.60. The summed E-state index contributed by atoms with van der Waals surface area (Å²) in [5.41, 5.74) is 9.48. The van der Waals surface area contributed by atoms with E-state index in [2.05, 4.69) is 14.5 Å². The molecule has 0 aromatic carbocycles. The van der Waals surface area contributed by atoms with Crippen molar-refractivity contribution in [3.63, 3.8) is 0 Å². The first-order valence-corrected chi connectivity index (χ1v) is 17.6. The van der Waals surface area contributed by atoms with E-state index in [9.17, 15) is 32.4 Å². The molecule has 0 radical (unpaired) electrons. The minimum absolute atomic E-state index is 0.0212. The lowest BCUT2D eigenvalue weighted by atomic mass is 10.1. The molecular weight excluding hydrogens is 660 g/mol. The van der Waals surface area contributed by atoms with Gasteiger partial charge in [-0.3, -0.25) is 31.8 Å². The van der Waals surface area contributed by atoms with Gasteiger partial charge in [0.2, 0.25) is 0 Å². The maximum absolute atomic E-state index is 14.8. The molecule has 4 aliphatic rings. The van der Waals surface area contributed by atoms with E-state index in [1.165, 1.54) is 36.3 Å². The minimum atomic E-state index is -4.21. The fourth-order valence-corrected chi connectivity index (χ4v) is 10.5. The van der Waals surface area contributed by atoms with Crippen molar-refractivity contribution < 1.29 is 45.4 Å². The first-order valence-electron chi connectivity index (χ1n) is 12.7. The number of fused-ring (bicyclic) bond motifs is 2. The third kappa shape index (κ3) is 7.03. The predicted molar refractivity (Wildman–Crippen MR) is 152 cm³/mol. The van der Waals surface area contributed by atoms with Gasteiger partial charge in [0.05, 0.1) is 29.8 Å². The van der Waals surface area contributed by atoms with Gasteiger partial charge in [-0.1, -0.05) is 0 Å². The molecule has 4 saturated heterocycles. The van der Waals surface area contributed by atoms with Crippen molar-refractivity contribution in [2.75, 3.05) is 24.7 Å². The van der Waals surface area contributed by atoms with Gasteiger partial charge in [-0.2, -0.15) is 9.97 Å². The van der Waals surface area contributed by atoms with E-state index >= 15 is 0 Å². The molecule has 0 spiro atoms. The molecule has 0 aliphatic carbocycles. The van der Waals surface area contributed by atoms with Crippen molar-refractivity contribution in [2.45, 2.75) is 65.8 Å². The van der Waals surface area contributed by atoms with Gasteiger partial charge in [0.15, 0.2) is 12.3 Å². The zero-order valence-electron chi connectivity index (χ0n) is 22.5. The molecule has 43 heavy (non-hydrogen) atoms. The Morgan fingerprint density at radius 1 is 0.930 bits per heavy atom. The second kappa shape index (κ2) is 12.5. The fourth-order valence-electron chi connectivity index (χ4n) is 4.60. The molecule has 6 heterocycles. The number of nitrogens with zero attached hydrogens (tertiary/aromatic N) is 4. The van der Waals surface area contributed by atoms with Crippen LogP contribution in [0, 0.1) is 0 Å². The Morgan fingerprint density at radius 3 is 1.86 bits per heavy atom. The summed E-state index contributed by atoms with van der Waals surface area (Å²) >= 11 is 2.28. The quantitative estimate of drug-likeness (QED) is 0.391. The first-order chi connectivity index (χ1) is 20.2. The van der Waals surface area contributed by atoms with E-state index in [0.29, 0.717) is 0 Å². The van der Waals surface area contributed by atoms with Crippen LogP contribution >= 0.6 is 39.2 Å². The number of aromatic nitrogens is 4. The number of hydrogen-bond acceptors (Lipinski definition) is 15. The molecule has 0 saturated carbocycles. The molecule has 22 heteroatoms. The molecule has 2 aromatic rings. The summed E-state index contributed by atoms with van der Waals surface area (Å²) in [7, 11) is -8.00. The highest BCUT2D eigenvalue weighted by Crippen LogP contribution is 2.61. The number of hydrogen-bond donors (Lipinski definition) is 3. The number of nitrogen functional groups attached to an aromatic ring is 2. The number of rotatable bonds is 4. The molecule has 4 aliphatic heterocycles. The number of phosphoric acid groups is 2. The highest BCUT2D eigenvalue weighted by molar-refractivity contribution is 8.00. The Morgan fingerprint density at radius 2 is 1.40 bits per heavy atom. The molecular formula is C21H28F2N6O10P2S2. The van der Waals surface area contributed by atoms with E-state index in [1.54, 1.807) is 13.8 Å². The number of phosphoric ester groups is 2. The minimum Gasteiger partial charge on any atom is -0.383 e. The van der Waals surface area contributed by atoms with Gasteiger partial charge >= 0.3 is 27.0 Å². The molecule has 4 fully saturated rings. The van der Waals surface area contributed by atoms with Crippen LogP contribution in [-0.4, -0.2) is 78.4 Å². The van der Waals surface area contributed by atoms with Crippen molar-refractivity contribution in [1.29, 1.82) is 0 Å². The topological polar surface area (TPSA) is 222 Å². The van der Waals surface area contributed by atoms with E-state index in [0.717, 1.165) is 20.9 Å². The predicted octanol–water partition coefficient (Wildman–Crippen LogP) is 2.02. The van der Waals surface area contributed by atoms with Crippen molar-refractivity contribution in [1.82, 2.24) is 19.1 Å². The Labute approximate surface area is 251 Å². The van der Waals surface area contributed by atoms with Crippen LogP contribution in [-0.2, 0) is 31.7 Å². The Bertz CT molecular complexity index is 1570. The maximum atomic E-state index is 14.8. The van der Waals surface area contributed by atoms with Gasteiger partial charge in [-0.05, 0) is 26.0 Å². The van der Waals surface area contributed by atoms with Crippen LogP contribution < -0.4 is 22.8 Å². The van der Waals surface area contributed by atoms with Crippen LogP contribution in [0.15, 0.2) is 34.1 Å². The third-order valence-corrected chi connectivity index (χ3v) is 12.1. The summed E-state index contributed by atoms with van der Waals surface area (Å²) in [6.07, 6.45) is -2.92. The van der Waals surface area contributed by atoms with Crippen molar-refractivity contribution in [2.24, 2.45) is 0 Å². The summed E-state index contributed by atoms with van der Waals surface area (Å²) in [5.74, 6) is 0.109. The number of nitrogens with two attached hydrogens (primary N) is 2. The molecule has 0 bridgehead atoms. The van der Waals surface area contributed by atoms with Gasteiger partial charge in [0.25, 0.3) is 0 Å². The standard InChI is InChI=1S/C12H17FN3O5PS.C9H11FN3O5PS/c1-6(2)20-22(18)19-5-7-10(21-22)9(13)11(23-7)16-4-3-8(14)15-12(16)17;10-6-7-4(3-17-19(15,16)18-7)20-8(6)13-2-1-5(11)12-9(13)14/h3-4,6-7,9-11H,5H2,1-2H3,(H2,14,15,17);1-2,4,6-8H,3H2,(H,15,16)(H2,11,12,14)/t7-,9+,10-,11-,22?;4-,6+,7-,8-/m11/s1. The van der Waals surface area contributed by atoms with Crippen LogP contribution in [0.1, 0.15) is 24.6 Å². The summed E-state index contributed by atoms with van der Waals surface area (Å²) in [4.78, 5) is 40.0. The van der Waals surface area contributed by atoms with Crippen molar-refractivity contribution >= 4 is 50.8 Å². The van der Waals surface area contributed by atoms with E-state index in [4.69, 9.17) is 29.6 Å². The Hall–Kier alpha value is -1.86. The smallest absolute Gasteiger partial charge is 0.383 e. The van der Waals surface area contributed by atoms with Crippen LogP contribution in [0.3, 0.4) is 0 Å². The monoisotopic (exact) mass is 688 g/mol. The van der Waals surface area contributed by atoms with Crippen LogP contribution in [0.2, 0.25) is 0 Å². The number of thioether (sulfide) groups is 2. The number of alkyl halides is 2. The second-order valence-electron chi connectivity index (χ2n) is 9.91. The second-order valence-corrected chi connectivity index (χ2v) is 15.6. The average Bonchev–Trinajstić information content (AvgIpc) is 3.39. The zero-order chi connectivity index (χ0) is 31.3. The van der Waals surface area contributed by atoms with Crippen LogP contribution in [0.25, 0.3) is 0 Å². The summed E-state index contributed by atoms with van der Waals surface area (Å²) in [6, 6.07) is 2.80. The van der Waals surface area contributed by atoms with Crippen LogP contribution in [0.4, 0.5) is 20.4 Å². The van der Waals surface area contributed by atoms with E-state index < -0.39 is 72.8 Å². The number of halogens is 2. The molecule has 16 nitrogen and oxygen atoms in total. The van der Waals surface area contributed by atoms with Crippen molar-refractivity contribution in [3.8, 4) is 0 Å². The molecule has 5 N–H and O–H groups in total. The normalized spacial score (nSPS) is 38.7. The SMILES string of the molecule is CC(C)OP1(=O)OC[C@H]2S[C@@H](n3ccc(N)nc3=O)[C@@H](F)[C@@H]2O1.Nc1ccn([C@@H]2S[C@@H]3COP(=O)(O)O[C@H]3[C@@H]2F)c(=O)n1. The van der Waals surface area contributed by atoms with Gasteiger partial charge in [-0.15, -0.1) is 23.5 Å². The van der Waals surface area contributed by atoms with Crippen LogP contribution in [0.5, 0.6) is 0 Å². The highest BCUT2D eigenvalue weighted by atomic mass is 32.2. The number of anilines is 2. The molecule has 10 atom stereocenters. The molecule has 2 unspecified atom stereocenters. The fraction of sp³-hybridized carbons (Fsp3) is 0.619. The van der Waals surface area contributed by atoms with E-state index in [1.807, 2.05) is 0 Å². The molecule has 2 aromatic heterocycles. The zero-order valence-corrected chi connectivity index (χ0v) is 25.9. The largest absolute Gasteiger partial charge is 0.475 e. The molecule has 6 rings (SSSR count). The van der Waals surface area contributed by atoms with Crippen molar-refractivity contribution in [3.05, 3.63) is 45.5 Å². The Kier molecular flexibility index (Phi) is 9.46. The van der Waals surface area contributed by atoms with E-state index in [-0.39, 0.29) is 31.0 Å². The van der Waals surface area contributed by atoms with Gasteiger partial charge in [0, 0.05) is 12.4 Å². The third-order valence-electron chi connectivity index (χ3n) is 6.43. The van der Waals surface area contributed by atoms with Gasteiger partial charge < -0.3 is 16.4 Å². The lowest BCUT2D eigenvalue weighted by Gasteiger charge is -2.31. The Balaban J connectivity index is 0.000000173. The maximum Gasteiger partial charge on any atom is 0.475 e. The van der Waals surface area contributed by atoms with Gasteiger partial charge in [-0.25, -0.2) is 27.5 Å². The summed E-state index contributed by atoms with van der Waals surface area (Å²) < 4.78 is 80.1. The lowest BCUT2D eigenvalue weighted by molar-refractivity contribution is -0.00710. The average molecular weight is 689 g/mol. The lowest BCUT2D eigenvalue weighted by Crippen LogP contribution is -2.38. The molecule has 238 valence electrons. The van der Waals surface area contributed by atoms with Gasteiger partial charge in [0.1, 0.15) is 34.6 Å². The molecule has 0 amide bonds. The summed E-state index contributed by atoms with van der Waals surface area (Å²) in [6.45, 7) is 3.26.